The van der Waals surface area contributed by atoms with Crippen molar-refractivity contribution in [3.8, 4) is 5.75 Å². The summed E-state index contributed by atoms with van der Waals surface area (Å²) >= 11 is 0. The van der Waals surface area contributed by atoms with Crippen LogP contribution in [0, 0.1) is 0 Å². The Hall–Kier alpha value is -1.02. The van der Waals surface area contributed by atoms with Crippen molar-refractivity contribution in [1.82, 2.24) is 5.32 Å². The first-order chi connectivity index (χ1) is 7.76. The molecule has 1 N–H and O–H groups in total. The highest BCUT2D eigenvalue weighted by atomic mass is 16.5. The molecule has 0 saturated heterocycles. The Morgan fingerprint density at radius 2 is 2.12 bits per heavy atom. The zero-order valence-corrected chi connectivity index (χ0v) is 10.6. The minimum Gasteiger partial charge on any atom is -0.494 e. The quantitative estimate of drug-likeness (QED) is 0.762. The second-order valence-electron chi connectivity index (χ2n) is 4.15. The third kappa shape index (κ3) is 4.67. The summed E-state index contributed by atoms with van der Waals surface area (Å²) in [5.41, 5.74) is 1.29. The maximum absolute atomic E-state index is 5.47. The molecule has 1 atom stereocenters. The van der Waals surface area contributed by atoms with Crippen molar-refractivity contribution >= 4 is 0 Å². The summed E-state index contributed by atoms with van der Waals surface area (Å²) in [7, 11) is 0. The largest absolute Gasteiger partial charge is 0.494 e. The van der Waals surface area contributed by atoms with Crippen LogP contribution < -0.4 is 10.1 Å². The van der Waals surface area contributed by atoms with E-state index in [2.05, 4.69) is 31.3 Å². The molecule has 16 heavy (non-hydrogen) atoms. The van der Waals surface area contributed by atoms with Crippen molar-refractivity contribution in [3.63, 3.8) is 0 Å². The fourth-order valence-corrected chi connectivity index (χ4v) is 1.74. The Balaban J connectivity index is 2.44. The van der Waals surface area contributed by atoms with E-state index in [-0.39, 0.29) is 0 Å². The van der Waals surface area contributed by atoms with Crippen LogP contribution in [0.25, 0.3) is 0 Å². The van der Waals surface area contributed by atoms with Crippen LogP contribution in [0.15, 0.2) is 24.3 Å². The first kappa shape index (κ1) is 13.0. The van der Waals surface area contributed by atoms with Crippen LogP contribution in [-0.2, 0) is 6.54 Å². The number of ether oxygens (including phenoxy) is 1. The molecule has 0 aliphatic rings. The predicted octanol–water partition coefficient (Wildman–Crippen LogP) is 3.36. The lowest BCUT2D eigenvalue weighted by molar-refractivity contribution is 0.339. The molecule has 0 fully saturated rings. The van der Waals surface area contributed by atoms with Gasteiger partial charge in [0.1, 0.15) is 5.75 Å². The lowest BCUT2D eigenvalue weighted by Gasteiger charge is -2.13. The van der Waals surface area contributed by atoms with Gasteiger partial charge in [-0.1, -0.05) is 25.5 Å². The zero-order valence-electron chi connectivity index (χ0n) is 10.6. The van der Waals surface area contributed by atoms with Gasteiger partial charge in [0.15, 0.2) is 0 Å². The molecule has 1 unspecified atom stereocenters. The molecule has 2 heteroatoms. The molecule has 0 aliphatic carbocycles. The smallest absolute Gasteiger partial charge is 0.119 e. The summed E-state index contributed by atoms with van der Waals surface area (Å²) in [5.74, 6) is 0.963. The first-order valence-electron chi connectivity index (χ1n) is 6.21. The summed E-state index contributed by atoms with van der Waals surface area (Å²) < 4.78 is 5.47. The summed E-state index contributed by atoms with van der Waals surface area (Å²) in [6.45, 7) is 8.10. The summed E-state index contributed by atoms with van der Waals surface area (Å²) in [6.07, 6.45) is 2.46. The van der Waals surface area contributed by atoms with E-state index in [9.17, 15) is 0 Å². The van der Waals surface area contributed by atoms with Gasteiger partial charge in [0.2, 0.25) is 0 Å². The van der Waals surface area contributed by atoms with E-state index < -0.39 is 0 Å². The molecule has 0 saturated carbocycles. The normalized spacial score (nSPS) is 12.4. The van der Waals surface area contributed by atoms with E-state index in [4.69, 9.17) is 4.74 Å². The Kier molecular flexibility index (Phi) is 5.94. The van der Waals surface area contributed by atoms with Crippen LogP contribution in [0.3, 0.4) is 0 Å². The van der Waals surface area contributed by atoms with Gasteiger partial charge in [0.25, 0.3) is 0 Å². The van der Waals surface area contributed by atoms with Crippen molar-refractivity contribution in [2.75, 3.05) is 6.61 Å². The predicted molar refractivity (Wildman–Crippen MR) is 68.8 cm³/mol. The topological polar surface area (TPSA) is 21.3 Å². The van der Waals surface area contributed by atoms with E-state index in [0.29, 0.717) is 6.04 Å². The van der Waals surface area contributed by atoms with Crippen molar-refractivity contribution in [1.29, 1.82) is 0 Å². The summed E-state index contributed by atoms with van der Waals surface area (Å²) in [6, 6.07) is 8.87. The Labute approximate surface area is 99.0 Å². The first-order valence-corrected chi connectivity index (χ1v) is 6.21. The molecular formula is C14H23NO. The summed E-state index contributed by atoms with van der Waals surface area (Å²) in [4.78, 5) is 0. The molecule has 90 valence electrons. The third-order valence-electron chi connectivity index (χ3n) is 2.59. The average molecular weight is 221 g/mol. The molecule has 1 aromatic rings. The number of hydrogen-bond donors (Lipinski definition) is 1. The molecule has 0 radical (unpaired) electrons. The molecular weight excluding hydrogens is 198 g/mol. The highest BCUT2D eigenvalue weighted by molar-refractivity contribution is 5.28. The van der Waals surface area contributed by atoms with Gasteiger partial charge in [0.05, 0.1) is 6.61 Å². The van der Waals surface area contributed by atoms with Gasteiger partial charge in [-0.15, -0.1) is 0 Å². The van der Waals surface area contributed by atoms with Gasteiger partial charge in [-0.05, 0) is 38.0 Å². The van der Waals surface area contributed by atoms with E-state index in [1.54, 1.807) is 0 Å². The summed E-state index contributed by atoms with van der Waals surface area (Å²) in [5, 5.41) is 3.51. The number of hydrogen-bond acceptors (Lipinski definition) is 2. The highest BCUT2D eigenvalue weighted by Crippen LogP contribution is 2.13. The van der Waals surface area contributed by atoms with Gasteiger partial charge >= 0.3 is 0 Å². The second kappa shape index (κ2) is 7.29. The van der Waals surface area contributed by atoms with Gasteiger partial charge in [-0.25, -0.2) is 0 Å². The van der Waals surface area contributed by atoms with Gasteiger partial charge in [-0.2, -0.15) is 0 Å². The van der Waals surface area contributed by atoms with Crippen molar-refractivity contribution in [2.24, 2.45) is 0 Å². The van der Waals surface area contributed by atoms with E-state index in [0.717, 1.165) is 18.9 Å². The minimum atomic E-state index is 0.584. The van der Waals surface area contributed by atoms with E-state index >= 15 is 0 Å². The fourth-order valence-electron chi connectivity index (χ4n) is 1.74. The monoisotopic (exact) mass is 221 g/mol. The Morgan fingerprint density at radius 1 is 1.31 bits per heavy atom. The highest BCUT2D eigenvalue weighted by Gasteiger charge is 2.00. The third-order valence-corrected chi connectivity index (χ3v) is 2.59. The van der Waals surface area contributed by atoms with Crippen LogP contribution >= 0.6 is 0 Å². The number of benzene rings is 1. The number of nitrogens with one attached hydrogen (secondary N) is 1. The fraction of sp³-hybridized carbons (Fsp3) is 0.571. The van der Waals surface area contributed by atoms with Crippen LogP contribution in [-0.4, -0.2) is 12.6 Å². The SMILES string of the molecule is CCCC(C)NCc1cccc(OCC)c1. The van der Waals surface area contributed by atoms with Gasteiger partial charge in [0, 0.05) is 12.6 Å². The average Bonchev–Trinajstić information content (AvgIpc) is 2.28. The van der Waals surface area contributed by atoms with E-state index in [1.807, 2.05) is 19.1 Å². The van der Waals surface area contributed by atoms with Crippen molar-refractivity contribution < 1.29 is 4.74 Å². The second-order valence-corrected chi connectivity index (χ2v) is 4.15. The molecule has 0 amide bonds. The molecule has 0 bridgehead atoms. The van der Waals surface area contributed by atoms with E-state index in [1.165, 1.54) is 18.4 Å². The van der Waals surface area contributed by atoms with Crippen molar-refractivity contribution in [2.45, 2.75) is 46.2 Å². The van der Waals surface area contributed by atoms with Crippen LogP contribution in [0.5, 0.6) is 5.75 Å². The molecule has 0 aliphatic heterocycles. The molecule has 0 aromatic heterocycles. The lowest BCUT2D eigenvalue weighted by atomic mass is 10.1. The minimum absolute atomic E-state index is 0.584. The zero-order chi connectivity index (χ0) is 11.8. The number of rotatable bonds is 7. The molecule has 0 heterocycles. The molecule has 1 rings (SSSR count). The maximum Gasteiger partial charge on any atom is 0.119 e. The van der Waals surface area contributed by atoms with Gasteiger partial charge in [-0.3, -0.25) is 0 Å². The standard InChI is InChI=1S/C14H23NO/c1-4-7-12(3)15-11-13-8-6-9-14(10-13)16-5-2/h6,8-10,12,15H,4-5,7,11H2,1-3H3. The van der Waals surface area contributed by atoms with Gasteiger partial charge < -0.3 is 10.1 Å². The van der Waals surface area contributed by atoms with Crippen LogP contribution in [0.4, 0.5) is 0 Å². The van der Waals surface area contributed by atoms with Crippen LogP contribution in [0.2, 0.25) is 0 Å². The Morgan fingerprint density at radius 3 is 2.81 bits per heavy atom. The molecule has 1 aromatic carbocycles. The van der Waals surface area contributed by atoms with Crippen molar-refractivity contribution in [3.05, 3.63) is 29.8 Å². The molecule has 2 nitrogen and oxygen atoms in total. The maximum atomic E-state index is 5.47. The lowest BCUT2D eigenvalue weighted by Crippen LogP contribution is -2.25. The molecule has 0 spiro atoms. The Bertz CT molecular complexity index is 299. The van der Waals surface area contributed by atoms with Crippen LogP contribution in [0.1, 0.15) is 39.2 Å².